The predicted molar refractivity (Wildman–Crippen MR) is 118 cm³/mol. The summed E-state index contributed by atoms with van der Waals surface area (Å²) < 4.78 is 33.8. The molecular weight excluding hydrogens is 414 g/mol. The van der Waals surface area contributed by atoms with Gasteiger partial charge in [0, 0.05) is 13.1 Å². The molecule has 4 N–H and O–H groups in total. The van der Waals surface area contributed by atoms with Gasteiger partial charge in [0.05, 0.1) is 12.0 Å². The average molecular weight is 440 g/mol. The molecule has 0 atom stereocenters. The maximum absolute atomic E-state index is 13.5. The van der Waals surface area contributed by atoms with Crippen molar-refractivity contribution in [1.82, 2.24) is 26.2 Å². The van der Waals surface area contributed by atoms with Gasteiger partial charge in [0.15, 0.2) is 0 Å². The number of hydrogen-bond acceptors (Lipinski definition) is 7. The number of rotatable bonds is 8. The van der Waals surface area contributed by atoms with Crippen molar-refractivity contribution in [2.45, 2.75) is 24.2 Å². The summed E-state index contributed by atoms with van der Waals surface area (Å²) in [5, 5.41) is 0. The normalized spacial score (nSPS) is 14.8. The molecule has 0 radical (unpaired) electrons. The third-order valence-corrected chi connectivity index (χ3v) is 6.87. The fourth-order valence-electron chi connectivity index (χ4n) is 3.35. The fourth-order valence-corrected chi connectivity index (χ4v) is 4.76. The van der Waals surface area contributed by atoms with Crippen LogP contribution in [0.15, 0.2) is 83.8 Å². The first-order chi connectivity index (χ1) is 15.1. The zero-order valence-electron chi connectivity index (χ0n) is 17.1. The van der Waals surface area contributed by atoms with Crippen molar-refractivity contribution in [3.8, 4) is 5.75 Å². The lowest BCUT2D eigenvalue weighted by Gasteiger charge is -2.23. The van der Waals surface area contributed by atoms with Crippen molar-refractivity contribution in [2.24, 2.45) is 0 Å². The van der Waals surface area contributed by atoms with Gasteiger partial charge in [0.25, 0.3) is 0 Å². The van der Waals surface area contributed by atoms with E-state index < -0.39 is 10.0 Å². The number of benzene rings is 3. The molecule has 0 saturated carbocycles. The Bertz CT molecular complexity index is 1080. The summed E-state index contributed by atoms with van der Waals surface area (Å²) in [6.07, 6.45) is -0.156. The van der Waals surface area contributed by atoms with Crippen LogP contribution in [0.25, 0.3) is 0 Å². The van der Waals surface area contributed by atoms with Gasteiger partial charge >= 0.3 is 0 Å². The lowest BCUT2D eigenvalue weighted by atomic mass is 10.2. The molecule has 0 unspecified atom stereocenters. The summed E-state index contributed by atoms with van der Waals surface area (Å²) in [6.45, 7) is 0.527. The zero-order valence-corrected chi connectivity index (χ0v) is 17.9. The van der Waals surface area contributed by atoms with Gasteiger partial charge in [-0.25, -0.2) is 19.3 Å². The Balaban J connectivity index is 1.61. The number of methoxy groups -OCH3 is 1. The SMILES string of the molecule is COc1ccc(CN(Cc2ccccc2)S(=O)(=O)c2ccc(C3NNNN3)cc2)cc1. The Labute approximate surface area is 182 Å². The van der Waals surface area contributed by atoms with Gasteiger partial charge < -0.3 is 4.74 Å². The highest BCUT2D eigenvalue weighted by molar-refractivity contribution is 7.89. The molecule has 1 saturated heterocycles. The number of ether oxygens (including phenoxy) is 1. The summed E-state index contributed by atoms with van der Waals surface area (Å²) in [6, 6.07) is 23.9. The second-order valence-electron chi connectivity index (χ2n) is 7.15. The maximum Gasteiger partial charge on any atom is 0.243 e. The van der Waals surface area contributed by atoms with Gasteiger partial charge in [-0.2, -0.15) is 15.4 Å². The van der Waals surface area contributed by atoms with E-state index in [9.17, 15) is 8.42 Å². The van der Waals surface area contributed by atoms with E-state index in [1.54, 1.807) is 31.4 Å². The van der Waals surface area contributed by atoms with E-state index in [2.05, 4.69) is 21.9 Å². The van der Waals surface area contributed by atoms with Crippen LogP contribution in [-0.2, 0) is 23.1 Å². The summed E-state index contributed by atoms with van der Waals surface area (Å²) in [5.41, 5.74) is 14.2. The van der Waals surface area contributed by atoms with Gasteiger partial charge in [0.1, 0.15) is 11.9 Å². The highest BCUT2D eigenvalue weighted by atomic mass is 32.2. The van der Waals surface area contributed by atoms with Crippen LogP contribution in [0, 0.1) is 0 Å². The first-order valence-electron chi connectivity index (χ1n) is 9.84. The molecule has 3 aromatic rings. The molecular formula is C22H25N5O3S. The van der Waals surface area contributed by atoms with Crippen LogP contribution < -0.4 is 26.7 Å². The fraction of sp³-hybridized carbons (Fsp3) is 0.182. The summed E-state index contributed by atoms with van der Waals surface area (Å²) in [7, 11) is -2.12. The van der Waals surface area contributed by atoms with Gasteiger partial charge in [-0.05, 0) is 41.0 Å². The topological polar surface area (TPSA) is 94.7 Å². The van der Waals surface area contributed by atoms with Crippen LogP contribution in [0.2, 0.25) is 0 Å². The molecule has 162 valence electrons. The first-order valence-corrected chi connectivity index (χ1v) is 11.3. The van der Waals surface area contributed by atoms with E-state index in [4.69, 9.17) is 4.74 Å². The number of nitrogens with one attached hydrogen (secondary N) is 4. The van der Waals surface area contributed by atoms with E-state index >= 15 is 0 Å². The maximum atomic E-state index is 13.5. The van der Waals surface area contributed by atoms with Crippen molar-refractivity contribution in [3.63, 3.8) is 0 Å². The van der Waals surface area contributed by atoms with E-state index in [-0.39, 0.29) is 24.2 Å². The molecule has 8 nitrogen and oxygen atoms in total. The first kappa shape index (κ1) is 21.4. The standard InChI is InChI=1S/C22H25N5O3S/c1-30-20-11-7-18(8-12-20)16-27(15-17-5-3-2-4-6-17)31(28,29)21-13-9-19(10-14-21)22-23-25-26-24-22/h2-14,22-26H,15-16H2,1H3. The predicted octanol–water partition coefficient (Wildman–Crippen LogP) is 2.20. The summed E-state index contributed by atoms with van der Waals surface area (Å²) >= 11 is 0. The number of sulfonamides is 1. The number of hydrogen-bond donors (Lipinski definition) is 4. The third-order valence-electron chi connectivity index (χ3n) is 5.07. The molecule has 9 heteroatoms. The van der Waals surface area contributed by atoms with Crippen LogP contribution in [-0.4, -0.2) is 19.8 Å². The minimum atomic E-state index is -3.72. The van der Waals surface area contributed by atoms with Crippen molar-refractivity contribution >= 4 is 10.0 Å². The van der Waals surface area contributed by atoms with Crippen molar-refractivity contribution < 1.29 is 13.2 Å². The average Bonchev–Trinajstić information content (AvgIpc) is 3.35. The van der Waals surface area contributed by atoms with Crippen LogP contribution in [0.1, 0.15) is 22.9 Å². The van der Waals surface area contributed by atoms with Crippen LogP contribution in [0.4, 0.5) is 0 Å². The Kier molecular flexibility index (Phi) is 6.62. The molecule has 4 rings (SSSR count). The van der Waals surface area contributed by atoms with E-state index in [1.807, 2.05) is 54.6 Å². The quantitative estimate of drug-likeness (QED) is 0.427. The molecule has 1 aliphatic heterocycles. The molecule has 31 heavy (non-hydrogen) atoms. The summed E-state index contributed by atoms with van der Waals surface area (Å²) in [5.74, 6) is 0.731. The van der Waals surface area contributed by atoms with E-state index in [0.29, 0.717) is 0 Å². The van der Waals surface area contributed by atoms with Crippen LogP contribution in [0.3, 0.4) is 0 Å². The third kappa shape index (κ3) is 5.10. The van der Waals surface area contributed by atoms with Crippen LogP contribution >= 0.6 is 0 Å². The zero-order chi connectivity index (χ0) is 21.7. The molecule has 1 heterocycles. The Morgan fingerprint density at radius 2 is 1.39 bits per heavy atom. The highest BCUT2D eigenvalue weighted by Gasteiger charge is 2.26. The smallest absolute Gasteiger partial charge is 0.243 e. The highest BCUT2D eigenvalue weighted by Crippen LogP contribution is 2.23. The summed E-state index contributed by atoms with van der Waals surface area (Å²) in [4.78, 5) is 0.250. The molecule has 0 aliphatic carbocycles. The van der Waals surface area contributed by atoms with E-state index in [0.717, 1.165) is 22.4 Å². The minimum absolute atomic E-state index is 0.156. The molecule has 1 fully saturated rings. The molecule has 0 bridgehead atoms. The lowest BCUT2D eigenvalue weighted by molar-refractivity contribution is 0.399. The molecule has 0 spiro atoms. The Morgan fingerprint density at radius 1 is 0.806 bits per heavy atom. The number of nitrogens with zero attached hydrogens (tertiary/aromatic N) is 1. The van der Waals surface area contributed by atoms with E-state index in [1.165, 1.54) is 4.31 Å². The second-order valence-corrected chi connectivity index (χ2v) is 9.09. The lowest BCUT2D eigenvalue weighted by Crippen LogP contribution is -2.33. The van der Waals surface area contributed by atoms with Crippen LogP contribution in [0.5, 0.6) is 5.75 Å². The second kappa shape index (κ2) is 9.56. The molecule has 0 aromatic heterocycles. The Hall–Kier alpha value is -2.79. The van der Waals surface area contributed by atoms with Gasteiger partial charge in [0.2, 0.25) is 10.0 Å². The van der Waals surface area contributed by atoms with Gasteiger partial charge in [-0.15, -0.1) is 0 Å². The molecule has 1 aliphatic rings. The molecule has 3 aromatic carbocycles. The van der Waals surface area contributed by atoms with Crippen molar-refractivity contribution in [3.05, 3.63) is 95.6 Å². The minimum Gasteiger partial charge on any atom is -0.497 e. The number of hydrazine groups is 3. The van der Waals surface area contributed by atoms with Gasteiger partial charge in [-0.3, -0.25) is 0 Å². The molecule has 0 amide bonds. The Morgan fingerprint density at radius 3 is 1.97 bits per heavy atom. The van der Waals surface area contributed by atoms with Crippen molar-refractivity contribution in [1.29, 1.82) is 0 Å². The monoisotopic (exact) mass is 439 g/mol. The van der Waals surface area contributed by atoms with Crippen molar-refractivity contribution in [2.75, 3.05) is 7.11 Å². The van der Waals surface area contributed by atoms with Gasteiger partial charge in [-0.1, -0.05) is 54.6 Å². The largest absolute Gasteiger partial charge is 0.497 e.